The normalized spacial score (nSPS) is 18.0. The molecule has 1 aliphatic heterocycles. The van der Waals surface area contributed by atoms with Gasteiger partial charge in [0.25, 0.3) is 0 Å². The minimum Gasteiger partial charge on any atom is -0.290 e. The van der Waals surface area contributed by atoms with Crippen LogP contribution in [0.3, 0.4) is 0 Å². The van der Waals surface area contributed by atoms with Crippen molar-refractivity contribution in [2.75, 3.05) is 18.0 Å². The number of aryl methyl sites for hydroxylation is 1. The zero-order valence-corrected chi connectivity index (χ0v) is 15.5. The fraction of sp³-hybridized carbons (Fsp3) is 0.474. The highest BCUT2D eigenvalue weighted by atomic mass is 32.1. The lowest BCUT2D eigenvalue weighted by molar-refractivity contribution is -0.116. The quantitative estimate of drug-likeness (QED) is 0.818. The van der Waals surface area contributed by atoms with Crippen molar-refractivity contribution in [3.8, 4) is 0 Å². The molecule has 0 aliphatic carbocycles. The zero-order chi connectivity index (χ0) is 17.1. The Bertz CT molecular complexity index is 712. The Morgan fingerprint density at radius 1 is 1.42 bits per heavy atom. The van der Waals surface area contributed by atoms with E-state index in [0.717, 1.165) is 23.9 Å². The minimum absolute atomic E-state index is 0.0531. The first-order valence-electron chi connectivity index (χ1n) is 8.62. The first-order chi connectivity index (χ1) is 11.6. The van der Waals surface area contributed by atoms with Gasteiger partial charge in [-0.3, -0.25) is 14.6 Å². The van der Waals surface area contributed by atoms with Crippen LogP contribution in [0.5, 0.6) is 0 Å². The fourth-order valence-electron chi connectivity index (χ4n) is 3.52. The lowest BCUT2D eigenvalue weighted by Crippen LogP contribution is -2.28. The number of carbonyl (C=O) groups is 1. The summed E-state index contributed by atoms with van der Waals surface area (Å²) in [6, 6.07) is 9.15. The number of thiazole rings is 1. The summed E-state index contributed by atoms with van der Waals surface area (Å²) in [5.74, 6) is 0.0531. The van der Waals surface area contributed by atoms with Gasteiger partial charge < -0.3 is 0 Å². The van der Waals surface area contributed by atoms with E-state index in [1.165, 1.54) is 24.0 Å². The molecule has 1 saturated heterocycles. The molecule has 2 aromatic rings. The number of hydrogen-bond donors (Lipinski definition) is 0. The third-order valence-corrected chi connectivity index (χ3v) is 5.66. The number of carbonyl (C=O) groups excluding carboxylic acids is 1. The Morgan fingerprint density at radius 3 is 2.92 bits per heavy atom. The van der Waals surface area contributed by atoms with E-state index in [1.54, 1.807) is 23.2 Å². The predicted molar refractivity (Wildman–Crippen MR) is 99.4 cm³/mol. The number of amides is 1. The molecule has 0 N–H and O–H groups in total. The second-order valence-electron chi connectivity index (χ2n) is 6.37. The summed E-state index contributed by atoms with van der Waals surface area (Å²) >= 11 is 1.56. The van der Waals surface area contributed by atoms with Gasteiger partial charge in [-0.25, -0.2) is 4.98 Å². The number of hydrogen-bond acceptors (Lipinski definition) is 4. The van der Waals surface area contributed by atoms with Gasteiger partial charge in [0.05, 0.1) is 5.69 Å². The molecule has 1 aromatic heterocycles. The van der Waals surface area contributed by atoms with Crippen molar-refractivity contribution in [3.05, 3.63) is 46.5 Å². The maximum Gasteiger partial charge on any atom is 0.225 e. The molecule has 0 bridgehead atoms. The lowest BCUT2D eigenvalue weighted by atomic mass is 9.99. The van der Waals surface area contributed by atoms with Crippen LogP contribution in [0.2, 0.25) is 0 Å². The average Bonchev–Trinajstić information content (AvgIpc) is 3.19. The van der Waals surface area contributed by atoms with Crippen molar-refractivity contribution in [2.45, 2.75) is 46.2 Å². The van der Waals surface area contributed by atoms with E-state index in [9.17, 15) is 4.79 Å². The van der Waals surface area contributed by atoms with Crippen LogP contribution in [-0.4, -0.2) is 28.9 Å². The SMILES string of the molecule is CCN(C(C)=O)c1nc(CN2CCCC2c2ccccc2C)cs1. The van der Waals surface area contributed by atoms with E-state index in [2.05, 4.69) is 41.5 Å². The molecule has 4 nitrogen and oxygen atoms in total. The highest BCUT2D eigenvalue weighted by Crippen LogP contribution is 2.35. The van der Waals surface area contributed by atoms with E-state index in [-0.39, 0.29) is 5.91 Å². The van der Waals surface area contributed by atoms with Gasteiger partial charge >= 0.3 is 0 Å². The Labute approximate surface area is 148 Å². The van der Waals surface area contributed by atoms with Crippen LogP contribution in [0.25, 0.3) is 0 Å². The van der Waals surface area contributed by atoms with Crippen LogP contribution in [0.4, 0.5) is 5.13 Å². The van der Waals surface area contributed by atoms with Gasteiger partial charge in [-0.2, -0.15) is 0 Å². The van der Waals surface area contributed by atoms with Gasteiger partial charge in [0.2, 0.25) is 5.91 Å². The molecule has 128 valence electrons. The maximum absolute atomic E-state index is 11.7. The molecule has 1 atom stereocenters. The number of likely N-dealkylation sites (tertiary alicyclic amines) is 1. The third kappa shape index (κ3) is 3.52. The summed E-state index contributed by atoms with van der Waals surface area (Å²) < 4.78 is 0. The van der Waals surface area contributed by atoms with E-state index >= 15 is 0 Å². The summed E-state index contributed by atoms with van der Waals surface area (Å²) in [7, 11) is 0. The summed E-state index contributed by atoms with van der Waals surface area (Å²) in [5, 5.41) is 2.90. The smallest absolute Gasteiger partial charge is 0.225 e. The van der Waals surface area contributed by atoms with Crippen LogP contribution in [0.1, 0.15) is 49.6 Å². The molecule has 2 heterocycles. The Hall–Kier alpha value is -1.72. The molecule has 0 radical (unpaired) electrons. The monoisotopic (exact) mass is 343 g/mol. The van der Waals surface area contributed by atoms with E-state index in [4.69, 9.17) is 4.98 Å². The molecule has 0 spiro atoms. The van der Waals surface area contributed by atoms with Gasteiger partial charge in [0.1, 0.15) is 0 Å². The lowest BCUT2D eigenvalue weighted by Gasteiger charge is -2.25. The first kappa shape index (κ1) is 17.1. The van der Waals surface area contributed by atoms with Crippen molar-refractivity contribution < 1.29 is 4.79 Å². The van der Waals surface area contributed by atoms with Crippen LogP contribution in [-0.2, 0) is 11.3 Å². The van der Waals surface area contributed by atoms with Crippen molar-refractivity contribution in [2.24, 2.45) is 0 Å². The van der Waals surface area contributed by atoms with Gasteiger partial charge in [-0.1, -0.05) is 24.3 Å². The highest BCUT2D eigenvalue weighted by molar-refractivity contribution is 7.14. The maximum atomic E-state index is 11.7. The van der Waals surface area contributed by atoms with Gasteiger partial charge in [0.15, 0.2) is 5.13 Å². The molecule has 1 fully saturated rings. The van der Waals surface area contributed by atoms with Gasteiger partial charge in [0, 0.05) is 31.4 Å². The molecule has 1 amide bonds. The summed E-state index contributed by atoms with van der Waals surface area (Å²) in [5.41, 5.74) is 3.86. The van der Waals surface area contributed by atoms with Crippen LogP contribution < -0.4 is 4.90 Å². The molecule has 1 aliphatic rings. The van der Waals surface area contributed by atoms with Crippen molar-refractivity contribution in [3.63, 3.8) is 0 Å². The van der Waals surface area contributed by atoms with Crippen molar-refractivity contribution in [1.82, 2.24) is 9.88 Å². The van der Waals surface area contributed by atoms with Crippen LogP contribution >= 0.6 is 11.3 Å². The molecule has 1 aromatic carbocycles. The summed E-state index contributed by atoms with van der Waals surface area (Å²) in [4.78, 5) is 20.6. The largest absolute Gasteiger partial charge is 0.290 e. The number of anilines is 1. The van der Waals surface area contributed by atoms with E-state index in [0.29, 0.717) is 12.6 Å². The molecule has 1 unspecified atom stereocenters. The number of nitrogens with zero attached hydrogens (tertiary/aromatic N) is 3. The number of aromatic nitrogens is 1. The molecule has 3 rings (SSSR count). The van der Waals surface area contributed by atoms with Crippen molar-refractivity contribution >= 4 is 22.4 Å². The molecular formula is C19H25N3OS. The number of benzene rings is 1. The first-order valence-corrected chi connectivity index (χ1v) is 9.50. The van der Waals surface area contributed by atoms with E-state index < -0.39 is 0 Å². The third-order valence-electron chi connectivity index (χ3n) is 4.74. The van der Waals surface area contributed by atoms with Gasteiger partial charge in [-0.05, 0) is 44.4 Å². The van der Waals surface area contributed by atoms with Crippen LogP contribution in [0, 0.1) is 6.92 Å². The molecular weight excluding hydrogens is 318 g/mol. The Balaban J connectivity index is 1.75. The molecule has 0 saturated carbocycles. The molecule has 5 heteroatoms. The summed E-state index contributed by atoms with van der Waals surface area (Å²) in [6.07, 6.45) is 2.43. The molecule has 24 heavy (non-hydrogen) atoms. The highest BCUT2D eigenvalue weighted by Gasteiger charge is 2.27. The Morgan fingerprint density at radius 2 is 2.21 bits per heavy atom. The minimum atomic E-state index is 0.0531. The average molecular weight is 343 g/mol. The van der Waals surface area contributed by atoms with Crippen molar-refractivity contribution in [1.29, 1.82) is 0 Å². The second-order valence-corrected chi connectivity index (χ2v) is 7.21. The predicted octanol–water partition coefficient (Wildman–Crippen LogP) is 4.16. The zero-order valence-electron chi connectivity index (χ0n) is 14.7. The van der Waals surface area contributed by atoms with E-state index in [1.807, 2.05) is 6.92 Å². The van der Waals surface area contributed by atoms with Crippen LogP contribution in [0.15, 0.2) is 29.6 Å². The topological polar surface area (TPSA) is 36.4 Å². The van der Waals surface area contributed by atoms with Gasteiger partial charge in [-0.15, -0.1) is 11.3 Å². The number of rotatable bonds is 5. The Kier molecular flexibility index (Phi) is 5.31. The fourth-order valence-corrected chi connectivity index (χ4v) is 4.45. The summed E-state index contributed by atoms with van der Waals surface area (Å²) in [6.45, 7) is 8.40. The second kappa shape index (κ2) is 7.45. The standard InChI is InChI=1S/C19H25N3OS/c1-4-22(15(3)23)19-20-16(13-24-19)12-21-11-7-10-18(21)17-9-6-5-8-14(17)2/h5-6,8-9,13,18H,4,7,10-12H2,1-3H3.